The molecule has 0 aliphatic rings. The fourth-order valence-electron chi connectivity index (χ4n) is 1.65. The van der Waals surface area contributed by atoms with Crippen molar-refractivity contribution < 1.29 is 0 Å². The highest BCUT2D eigenvalue weighted by Gasteiger charge is 2.10. The highest BCUT2D eigenvalue weighted by atomic mass is 15.1. The van der Waals surface area contributed by atoms with Gasteiger partial charge in [-0.25, -0.2) is 0 Å². The second-order valence-corrected chi connectivity index (χ2v) is 4.30. The lowest BCUT2D eigenvalue weighted by Gasteiger charge is -2.25. The van der Waals surface area contributed by atoms with Crippen molar-refractivity contribution in [3.63, 3.8) is 0 Å². The fourth-order valence-corrected chi connectivity index (χ4v) is 1.65. The molecule has 1 atom stereocenters. The van der Waals surface area contributed by atoms with Crippen LogP contribution in [0.4, 0.5) is 11.4 Å². The van der Waals surface area contributed by atoms with E-state index < -0.39 is 0 Å². The number of benzene rings is 1. The van der Waals surface area contributed by atoms with E-state index in [1.165, 1.54) is 0 Å². The third-order valence-corrected chi connectivity index (χ3v) is 2.92. The van der Waals surface area contributed by atoms with Crippen molar-refractivity contribution in [2.75, 3.05) is 25.1 Å². The normalized spacial score (nSPS) is 13.0. The largest absolute Gasteiger partial charge is 0.399 e. The first kappa shape index (κ1) is 12.8. The Bertz CT molecular complexity index is 338. The topological polar surface area (TPSA) is 81.3 Å². The molecule has 16 heavy (non-hydrogen) atoms. The van der Waals surface area contributed by atoms with Crippen LogP contribution in [0.3, 0.4) is 0 Å². The van der Waals surface area contributed by atoms with Crippen molar-refractivity contribution >= 4 is 11.4 Å². The number of nitrogens with two attached hydrogens (primary N) is 3. The Labute approximate surface area is 97.4 Å². The summed E-state index contributed by atoms with van der Waals surface area (Å²) in [6.45, 7) is 3.67. The van der Waals surface area contributed by atoms with E-state index in [1.807, 2.05) is 18.2 Å². The van der Waals surface area contributed by atoms with Crippen LogP contribution in [0.25, 0.3) is 0 Å². The van der Waals surface area contributed by atoms with Crippen molar-refractivity contribution in [1.82, 2.24) is 4.90 Å². The SMILES string of the molecule is CC(CCN)N(C)Cc1cc(N)ccc1N. The molecule has 1 rings (SSSR count). The number of nitrogen functional groups attached to an aromatic ring is 2. The summed E-state index contributed by atoms with van der Waals surface area (Å²) in [5.41, 5.74) is 19.8. The van der Waals surface area contributed by atoms with Gasteiger partial charge in [0, 0.05) is 24.0 Å². The van der Waals surface area contributed by atoms with Gasteiger partial charge in [-0.3, -0.25) is 4.90 Å². The van der Waals surface area contributed by atoms with Gasteiger partial charge < -0.3 is 17.2 Å². The van der Waals surface area contributed by atoms with E-state index in [0.717, 1.165) is 29.9 Å². The Balaban J connectivity index is 2.68. The summed E-state index contributed by atoms with van der Waals surface area (Å²) in [4.78, 5) is 2.23. The van der Waals surface area contributed by atoms with Crippen LogP contribution in [0.15, 0.2) is 18.2 Å². The third-order valence-electron chi connectivity index (χ3n) is 2.92. The van der Waals surface area contributed by atoms with E-state index in [-0.39, 0.29) is 0 Å². The average molecular weight is 222 g/mol. The Kier molecular flexibility index (Phi) is 4.58. The van der Waals surface area contributed by atoms with Crippen LogP contribution in [0.2, 0.25) is 0 Å². The number of rotatable bonds is 5. The molecular weight excluding hydrogens is 200 g/mol. The van der Waals surface area contributed by atoms with Crippen LogP contribution in [0.5, 0.6) is 0 Å². The smallest absolute Gasteiger partial charge is 0.0361 e. The van der Waals surface area contributed by atoms with Crippen LogP contribution in [0.1, 0.15) is 18.9 Å². The molecule has 0 aliphatic carbocycles. The average Bonchev–Trinajstić information content (AvgIpc) is 2.23. The van der Waals surface area contributed by atoms with E-state index in [0.29, 0.717) is 12.6 Å². The molecule has 0 saturated heterocycles. The van der Waals surface area contributed by atoms with E-state index in [9.17, 15) is 0 Å². The van der Waals surface area contributed by atoms with Crippen LogP contribution >= 0.6 is 0 Å². The minimum atomic E-state index is 0.450. The van der Waals surface area contributed by atoms with Gasteiger partial charge in [-0.05, 0) is 50.7 Å². The minimum Gasteiger partial charge on any atom is -0.399 e. The molecule has 0 heterocycles. The zero-order chi connectivity index (χ0) is 12.1. The summed E-state index contributed by atoms with van der Waals surface area (Å²) in [5, 5.41) is 0. The molecule has 0 bridgehead atoms. The maximum absolute atomic E-state index is 5.90. The standard InChI is InChI=1S/C12H22N4/c1-9(5-6-13)16(2)8-10-7-11(14)3-4-12(10)15/h3-4,7,9H,5-6,8,13-15H2,1-2H3. The van der Waals surface area contributed by atoms with Gasteiger partial charge in [0.05, 0.1) is 0 Å². The number of hydrogen-bond donors (Lipinski definition) is 3. The van der Waals surface area contributed by atoms with E-state index >= 15 is 0 Å². The third kappa shape index (κ3) is 3.40. The molecule has 90 valence electrons. The first-order valence-corrected chi connectivity index (χ1v) is 5.58. The molecule has 1 unspecified atom stereocenters. The lowest BCUT2D eigenvalue weighted by atomic mass is 10.1. The summed E-state index contributed by atoms with van der Waals surface area (Å²) in [5.74, 6) is 0. The summed E-state index contributed by atoms with van der Waals surface area (Å²) in [7, 11) is 2.07. The van der Waals surface area contributed by atoms with Gasteiger partial charge in [0.25, 0.3) is 0 Å². The van der Waals surface area contributed by atoms with Gasteiger partial charge in [0.15, 0.2) is 0 Å². The molecule has 4 heteroatoms. The maximum atomic E-state index is 5.90. The Morgan fingerprint density at radius 1 is 1.31 bits per heavy atom. The van der Waals surface area contributed by atoms with Crippen molar-refractivity contribution in [3.05, 3.63) is 23.8 Å². The Morgan fingerprint density at radius 3 is 2.62 bits per heavy atom. The fraction of sp³-hybridized carbons (Fsp3) is 0.500. The highest BCUT2D eigenvalue weighted by Crippen LogP contribution is 2.18. The van der Waals surface area contributed by atoms with Gasteiger partial charge in [-0.2, -0.15) is 0 Å². The van der Waals surface area contributed by atoms with Crippen LogP contribution in [-0.4, -0.2) is 24.5 Å². The predicted octanol–water partition coefficient (Wildman–Crippen LogP) is 1.02. The highest BCUT2D eigenvalue weighted by molar-refractivity contribution is 5.55. The molecule has 6 N–H and O–H groups in total. The Morgan fingerprint density at radius 2 is 2.00 bits per heavy atom. The number of nitrogens with zero attached hydrogens (tertiary/aromatic N) is 1. The second-order valence-electron chi connectivity index (χ2n) is 4.30. The van der Waals surface area contributed by atoms with Crippen LogP contribution in [0, 0.1) is 0 Å². The van der Waals surface area contributed by atoms with Gasteiger partial charge in [-0.15, -0.1) is 0 Å². The summed E-state index contributed by atoms with van der Waals surface area (Å²) >= 11 is 0. The van der Waals surface area contributed by atoms with E-state index in [2.05, 4.69) is 18.9 Å². The quantitative estimate of drug-likeness (QED) is 0.650. The van der Waals surface area contributed by atoms with Crippen molar-refractivity contribution in [3.8, 4) is 0 Å². The molecule has 0 radical (unpaired) electrons. The molecule has 0 amide bonds. The molecule has 1 aromatic carbocycles. The number of anilines is 2. The molecule has 0 saturated carbocycles. The van der Waals surface area contributed by atoms with Crippen molar-refractivity contribution in [2.45, 2.75) is 25.9 Å². The Hall–Kier alpha value is -1.26. The molecular formula is C12H22N4. The molecule has 0 spiro atoms. The summed E-state index contributed by atoms with van der Waals surface area (Å²) in [6, 6.07) is 6.06. The van der Waals surface area contributed by atoms with Crippen molar-refractivity contribution in [2.24, 2.45) is 5.73 Å². The van der Waals surface area contributed by atoms with E-state index in [4.69, 9.17) is 17.2 Å². The zero-order valence-electron chi connectivity index (χ0n) is 10.1. The summed E-state index contributed by atoms with van der Waals surface area (Å²) < 4.78 is 0. The van der Waals surface area contributed by atoms with Gasteiger partial charge >= 0.3 is 0 Å². The molecule has 0 fully saturated rings. The second kappa shape index (κ2) is 5.72. The van der Waals surface area contributed by atoms with Crippen LogP contribution < -0.4 is 17.2 Å². The molecule has 4 nitrogen and oxygen atoms in total. The summed E-state index contributed by atoms with van der Waals surface area (Å²) in [6.07, 6.45) is 0.985. The lowest BCUT2D eigenvalue weighted by molar-refractivity contribution is 0.241. The molecule has 0 aromatic heterocycles. The van der Waals surface area contributed by atoms with Gasteiger partial charge in [0.1, 0.15) is 0 Å². The van der Waals surface area contributed by atoms with Crippen molar-refractivity contribution in [1.29, 1.82) is 0 Å². The first-order valence-electron chi connectivity index (χ1n) is 5.58. The predicted molar refractivity (Wildman–Crippen MR) is 69.9 cm³/mol. The molecule has 0 aliphatic heterocycles. The monoisotopic (exact) mass is 222 g/mol. The van der Waals surface area contributed by atoms with Gasteiger partial charge in [-0.1, -0.05) is 0 Å². The van der Waals surface area contributed by atoms with Gasteiger partial charge in [0.2, 0.25) is 0 Å². The minimum absolute atomic E-state index is 0.450. The molecule has 1 aromatic rings. The zero-order valence-corrected chi connectivity index (χ0v) is 10.1. The first-order chi connectivity index (χ1) is 7.54. The lowest BCUT2D eigenvalue weighted by Crippen LogP contribution is -2.30. The number of hydrogen-bond acceptors (Lipinski definition) is 4. The maximum Gasteiger partial charge on any atom is 0.0361 e. The van der Waals surface area contributed by atoms with E-state index in [1.54, 1.807) is 0 Å². The van der Waals surface area contributed by atoms with Crippen LogP contribution in [-0.2, 0) is 6.54 Å².